The highest BCUT2D eigenvalue weighted by Crippen LogP contribution is 2.20. The Kier molecular flexibility index (Phi) is 7.53. The van der Waals surface area contributed by atoms with Crippen LogP contribution in [0, 0.1) is 0 Å². The summed E-state index contributed by atoms with van der Waals surface area (Å²) in [7, 11) is -3.32. The smallest absolute Gasteiger partial charge is 0.179 e. The zero-order valence-electron chi connectivity index (χ0n) is 13.6. The van der Waals surface area contributed by atoms with Crippen molar-refractivity contribution in [2.45, 2.75) is 9.79 Å². The molecule has 2 aromatic carbocycles. The number of hydrogen-bond donors (Lipinski definition) is 3. The Morgan fingerprint density at radius 2 is 1.52 bits per heavy atom. The average molecular weight is 383 g/mol. The molecule has 0 aliphatic heterocycles. The van der Waals surface area contributed by atoms with E-state index >= 15 is 0 Å². The van der Waals surface area contributed by atoms with Crippen molar-refractivity contribution in [3.8, 4) is 0 Å². The first kappa shape index (κ1) is 19.5. The Hall–Kier alpha value is -1.78. The van der Waals surface area contributed by atoms with E-state index in [1.807, 2.05) is 12.1 Å². The molecule has 0 fully saturated rings. The van der Waals surface area contributed by atoms with Crippen LogP contribution in [-0.4, -0.2) is 33.9 Å². The van der Waals surface area contributed by atoms with E-state index in [2.05, 4.69) is 5.32 Å². The zero-order valence-corrected chi connectivity index (χ0v) is 15.2. The molecule has 2 aromatic rings. The first-order chi connectivity index (χ1) is 12.0. The highest BCUT2D eigenvalue weighted by molar-refractivity contribution is 7.94. The Morgan fingerprint density at radius 3 is 2.16 bits per heavy atom. The Bertz CT molecular complexity index is 750. The van der Waals surface area contributed by atoms with E-state index in [0.29, 0.717) is 31.1 Å². The van der Waals surface area contributed by atoms with E-state index in [1.54, 1.807) is 24.3 Å². The Morgan fingerprint density at radius 1 is 0.920 bits per heavy atom. The van der Waals surface area contributed by atoms with Gasteiger partial charge in [-0.15, -0.1) is 0 Å². The van der Waals surface area contributed by atoms with E-state index in [9.17, 15) is 8.42 Å². The van der Waals surface area contributed by atoms with Gasteiger partial charge in [-0.3, -0.25) is 0 Å². The largest absolute Gasteiger partial charge is 0.399 e. The van der Waals surface area contributed by atoms with Crippen LogP contribution in [0.5, 0.6) is 0 Å². The molecular weight excluding hydrogens is 362 g/mol. The van der Waals surface area contributed by atoms with Gasteiger partial charge in [-0.1, -0.05) is 0 Å². The molecule has 0 atom stereocenters. The van der Waals surface area contributed by atoms with Gasteiger partial charge >= 0.3 is 0 Å². The highest BCUT2D eigenvalue weighted by Gasteiger charge is 2.13. The van der Waals surface area contributed by atoms with Crippen LogP contribution >= 0.6 is 12.0 Å². The van der Waals surface area contributed by atoms with Crippen molar-refractivity contribution in [1.29, 1.82) is 0 Å². The van der Waals surface area contributed by atoms with Gasteiger partial charge in [0.05, 0.1) is 29.3 Å². The number of sulfone groups is 1. The lowest BCUT2D eigenvalue weighted by Crippen LogP contribution is -2.26. The molecule has 136 valence electrons. The molecule has 9 heteroatoms. The zero-order chi connectivity index (χ0) is 18.1. The van der Waals surface area contributed by atoms with E-state index < -0.39 is 9.84 Å². The summed E-state index contributed by atoms with van der Waals surface area (Å²) in [4.78, 5) is 6.14. The Balaban J connectivity index is 1.57. The number of nitrogens with one attached hydrogen (secondary N) is 1. The lowest BCUT2D eigenvalue weighted by molar-refractivity contribution is -0.188. The molecule has 2 rings (SSSR count). The molecule has 0 aromatic heterocycles. The molecule has 0 radical (unpaired) electrons. The molecule has 7 nitrogen and oxygen atoms in total. The quantitative estimate of drug-likeness (QED) is 0.187. The SMILES string of the molecule is Nc1ccc(SOOCCNCCS(=O)(=O)c2ccc(N)cc2)cc1. The molecule has 25 heavy (non-hydrogen) atoms. The maximum Gasteiger partial charge on any atom is 0.179 e. The predicted molar refractivity (Wildman–Crippen MR) is 99.5 cm³/mol. The fourth-order valence-corrected chi connectivity index (χ4v) is 3.50. The molecule has 0 saturated carbocycles. The van der Waals surface area contributed by atoms with Crippen LogP contribution in [0.15, 0.2) is 58.3 Å². The molecule has 0 unspecified atom stereocenters. The normalized spacial score (nSPS) is 11.5. The van der Waals surface area contributed by atoms with Crippen molar-refractivity contribution in [3.05, 3.63) is 48.5 Å². The fraction of sp³-hybridized carbons (Fsp3) is 0.250. The maximum atomic E-state index is 12.1. The Labute approximate surface area is 151 Å². The topological polar surface area (TPSA) is 117 Å². The molecule has 0 spiro atoms. The van der Waals surface area contributed by atoms with Crippen molar-refractivity contribution in [1.82, 2.24) is 5.32 Å². The van der Waals surface area contributed by atoms with Crippen LogP contribution in [0.4, 0.5) is 11.4 Å². The van der Waals surface area contributed by atoms with Gasteiger partial charge in [0.2, 0.25) is 0 Å². The molecule has 5 N–H and O–H groups in total. The molecule has 0 saturated heterocycles. The van der Waals surface area contributed by atoms with E-state index in [-0.39, 0.29) is 10.6 Å². The molecule has 0 bridgehead atoms. The van der Waals surface area contributed by atoms with E-state index in [0.717, 1.165) is 16.9 Å². The van der Waals surface area contributed by atoms with Crippen LogP contribution in [-0.2, 0) is 19.1 Å². The van der Waals surface area contributed by atoms with Crippen molar-refractivity contribution in [2.75, 3.05) is 36.9 Å². The van der Waals surface area contributed by atoms with Gasteiger partial charge in [-0.05, 0) is 48.5 Å². The highest BCUT2D eigenvalue weighted by atomic mass is 32.2. The number of nitrogen functional groups attached to an aromatic ring is 2. The summed E-state index contributed by atoms with van der Waals surface area (Å²) in [5.41, 5.74) is 12.4. The summed E-state index contributed by atoms with van der Waals surface area (Å²) in [6.07, 6.45) is 0. The number of nitrogens with two attached hydrogens (primary N) is 2. The van der Waals surface area contributed by atoms with Crippen LogP contribution in [0.3, 0.4) is 0 Å². The van der Waals surface area contributed by atoms with E-state index in [4.69, 9.17) is 20.7 Å². The summed E-state index contributed by atoms with van der Waals surface area (Å²) >= 11 is 1.08. The van der Waals surface area contributed by atoms with Gasteiger partial charge < -0.3 is 16.8 Å². The minimum absolute atomic E-state index is 0.00202. The van der Waals surface area contributed by atoms with Crippen molar-refractivity contribution < 1.29 is 17.6 Å². The minimum atomic E-state index is -3.32. The number of rotatable bonds is 10. The third-order valence-electron chi connectivity index (χ3n) is 3.21. The molecule has 0 amide bonds. The first-order valence-electron chi connectivity index (χ1n) is 7.58. The minimum Gasteiger partial charge on any atom is -0.399 e. The van der Waals surface area contributed by atoms with Gasteiger partial charge in [-0.2, -0.15) is 4.33 Å². The van der Waals surface area contributed by atoms with Gasteiger partial charge in [0.15, 0.2) is 9.84 Å². The third-order valence-corrected chi connectivity index (χ3v) is 5.57. The van der Waals surface area contributed by atoms with E-state index in [1.165, 1.54) is 12.1 Å². The van der Waals surface area contributed by atoms with Crippen molar-refractivity contribution in [3.63, 3.8) is 0 Å². The second kappa shape index (κ2) is 9.64. The second-order valence-electron chi connectivity index (χ2n) is 5.18. The lowest BCUT2D eigenvalue weighted by atomic mass is 10.3. The van der Waals surface area contributed by atoms with Gasteiger partial charge in [0.25, 0.3) is 0 Å². The van der Waals surface area contributed by atoms with Crippen LogP contribution in [0.25, 0.3) is 0 Å². The number of benzene rings is 2. The average Bonchev–Trinajstić information content (AvgIpc) is 2.59. The molecule has 0 heterocycles. The molecule has 0 aliphatic rings. The number of anilines is 2. The van der Waals surface area contributed by atoms with Crippen LogP contribution in [0.1, 0.15) is 0 Å². The van der Waals surface area contributed by atoms with Crippen molar-refractivity contribution >= 4 is 33.3 Å². The summed E-state index contributed by atoms with van der Waals surface area (Å²) < 4.78 is 29.2. The monoisotopic (exact) mass is 383 g/mol. The molecular formula is C16H21N3O4S2. The van der Waals surface area contributed by atoms with Crippen LogP contribution < -0.4 is 16.8 Å². The summed E-state index contributed by atoms with van der Waals surface area (Å²) in [5.74, 6) is -0.00202. The molecule has 0 aliphatic carbocycles. The van der Waals surface area contributed by atoms with Crippen LogP contribution in [0.2, 0.25) is 0 Å². The van der Waals surface area contributed by atoms with Gasteiger partial charge in [-0.25, -0.2) is 13.3 Å². The standard InChI is InChI=1S/C16H21N3O4S2/c17-13-1-5-15(6-2-13)24-23-22-11-9-19-10-12-25(20,21)16-7-3-14(18)4-8-16/h1-8,19H,9-12,17-18H2. The predicted octanol–water partition coefficient (Wildman–Crippen LogP) is 1.87. The number of hydrogen-bond acceptors (Lipinski definition) is 8. The van der Waals surface area contributed by atoms with Gasteiger partial charge in [0.1, 0.15) is 0 Å². The first-order valence-corrected chi connectivity index (χ1v) is 9.97. The van der Waals surface area contributed by atoms with Gasteiger partial charge in [0, 0.05) is 29.4 Å². The maximum absolute atomic E-state index is 12.1. The fourth-order valence-electron chi connectivity index (χ4n) is 1.86. The summed E-state index contributed by atoms with van der Waals surface area (Å²) in [6, 6.07) is 13.4. The summed E-state index contributed by atoms with van der Waals surface area (Å²) in [5, 5.41) is 2.99. The summed E-state index contributed by atoms with van der Waals surface area (Å²) in [6.45, 7) is 1.09. The second-order valence-corrected chi connectivity index (χ2v) is 8.06. The lowest BCUT2D eigenvalue weighted by Gasteiger charge is -2.07. The third kappa shape index (κ3) is 6.92. The van der Waals surface area contributed by atoms with Crippen molar-refractivity contribution in [2.24, 2.45) is 0 Å².